The lowest BCUT2D eigenvalue weighted by molar-refractivity contribution is 0.238. The summed E-state index contributed by atoms with van der Waals surface area (Å²) in [6.45, 7) is 7.27. The molecule has 14 heavy (non-hydrogen) atoms. The Morgan fingerprint density at radius 1 is 1.36 bits per heavy atom. The van der Waals surface area contributed by atoms with E-state index in [1.807, 2.05) is 0 Å². The minimum Gasteiger partial charge on any atom is -0.396 e. The summed E-state index contributed by atoms with van der Waals surface area (Å²) in [5.74, 6) is -0.0773. The summed E-state index contributed by atoms with van der Waals surface area (Å²) < 4.78 is 27.5. The average Bonchev–Trinajstić information content (AvgIpc) is 1.96. The van der Waals surface area contributed by atoms with Gasteiger partial charge in [-0.3, -0.25) is 0 Å². The molecule has 5 nitrogen and oxygen atoms in total. The van der Waals surface area contributed by atoms with Crippen LogP contribution in [0.4, 0.5) is 0 Å². The van der Waals surface area contributed by atoms with E-state index in [0.29, 0.717) is 0 Å². The van der Waals surface area contributed by atoms with Gasteiger partial charge in [0, 0.05) is 18.7 Å². The SMILES string of the molecule is CC(CO)CNS(=O)(=O)NC(C)(C)C. The van der Waals surface area contributed by atoms with E-state index in [0.717, 1.165) is 0 Å². The van der Waals surface area contributed by atoms with Gasteiger partial charge in [-0.2, -0.15) is 13.1 Å². The zero-order valence-corrected chi connectivity index (χ0v) is 9.98. The first-order valence-electron chi connectivity index (χ1n) is 4.56. The fourth-order valence-corrected chi connectivity index (χ4v) is 2.14. The lowest BCUT2D eigenvalue weighted by Crippen LogP contribution is -2.47. The van der Waals surface area contributed by atoms with Crippen molar-refractivity contribution < 1.29 is 13.5 Å². The Kier molecular flexibility index (Phi) is 5.00. The Morgan fingerprint density at radius 2 is 1.86 bits per heavy atom. The lowest BCUT2D eigenvalue weighted by atomic mass is 10.1. The third kappa shape index (κ3) is 7.25. The van der Waals surface area contributed by atoms with Crippen molar-refractivity contribution >= 4 is 10.2 Å². The average molecular weight is 224 g/mol. The van der Waals surface area contributed by atoms with Gasteiger partial charge < -0.3 is 5.11 Å². The molecule has 0 aromatic carbocycles. The van der Waals surface area contributed by atoms with E-state index in [2.05, 4.69) is 9.44 Å². The largest absolute Gasteiger partial charge is 0.396 e. The Bertz CT molecular complexity index is 256. The molecule has 0 aromatic heterocycles. The second-order valence-electron chi connectivity index (χ2n) is 4.49. The Balaban J connectivity index is 4.10. The van der Waals surface area contributed by atoms with Crippen LogP contribution in [0.15, 0.2) is 0 Å². The van der Waals surface area contributed by atoms with E-state index in [9.17, 15) is 8.42 Å². The minimum atomic E-state index is -3.46. The van der Waals surface area contributed by atoms with Crippen LogP contribution in [0, 0.1) is 5.92 Å². The van der Waals surface area contributed by atoms with Crippen molar-refractivity contribution in [1.29, 1.82) is 0 Å². The maximum Gasteiger partial charge on any atom is 0.277 e. The maximum atomic E-state index is 11.4. The second-order valence-corrected chi connectivity index (χ2v) is 5.99. The van der Waals surface area contributed by atoms with Gasteiger partial charge in [0.2, 0.25) is 0 Å². The topological polar surface area (TPSA) is 78.4 Å². The summed E-state index contributed by atoms with van der Waals surface area (Å²) in [7, 11) is -3.46. The number of hydrogen-bond donors (Lipinski definition) is 3. The first kappa shape index (κ1) is 13.8. The van der Waals surface area contributed by atoms with Crippen LogP contribution in [0.25, 0.3) is 0 Å². The number of aliphatic hydroxyl groups is 1. The highest BCUT2D eigenvalue weighted by atomic mass is 32.2. The fourth-order valence-electron chi connectivity index (χ4n) is 0.756. The molecule has 86 valence electrons. The molecule has 1 atom stereocenters. The summed E-state index contributed by atoms with van der Waals surface area (Å²) in [6, 6.07) is 0. The number of aliphatic hydroxyl groups excluding tert-OH is 1. The van der Waals surface area contributed by atoms with Gasteiger partial charge in [0.05, 0.1) is 0 Å². The molecule has 0 heterocycles. The Hall–Kier alpha value is -0.170. The molecule has 0 bridgehead atoms. The second kappa shape index (κ2) is 5.06. The van der Waals surface area contributed by atoms with Gasteiger partial charge in [0.1, 0.15) is 0 Å². The van der Waals surface area contributed by atoms with E-state index >= 15 is 0 Å². The van der Waals surface area contributed by atoms with Crippen molar-refractivity contribution in [2.24, 2.45) is 5.92 Å². The highest BCUT2D eigenvalue weighted by molar-refractivity contribution is 7.87. The van der Waals surface area contributed by atoms with Gasteiger partial charge in [-0.1, -0.05) is 6.92 Å². The van der Waals surface area contributed by atoms with Crippen molar-refractivity contribution in [1.82, 2.24) is 9.44 Å². The number of nitrogens with one attached hydrogen (secondary N) is 2. The maximum absolute atomic E-state index is 11.4. The highest BCUT2D eigenvalue weighted by Gasteiger charge is 2.19. The summed E-state index contributed by atoms with van der Waals surface area (Å²) in [5.41, 5.74) is -0.492. The van der Waals surface area contributed by atoms with Crippen LogP contribution in [-0.2, 0) is 10.2 Å². The quantitative estimate of drug-likeness (QED) is 0.607. The van der Waals surface area contributed by atoms with Gasteiger partial charge in [0.15, 0.2) is 0 Å². The monoisotopic (exact) mass is 224 g/mol. The predicted molar refractivity (Wildman–Crippen MR) is 56.1 cm³/mol. The molecule has 0 saturated heterocycles. The van der Waals surface area contributed by atoms with Gasteiger partial charge in [-0.05, 0) is 26.7 Å². The van der Waals surface area contributed by atoms with Gasteiger partial charge in [0.25, 0.3) is 10.2 Å². The molecule has 0 aromatic rings. The molecular weight excluding hydrogens is 204 g/mol. The standard InChI is InChI=1S/C8H20N2O3S/c1-7(6-11)5-9-14(12,13)10-8(2,3)4/h7,9-11H,5-6H2,1-4H3. The van der Waals surface area contributed by atoms with Crippen molar-refractivity contribution in [2.75, 3.05) is 13.2 Å². The molecule has 1 unspecified atom stereocenters. The number of rotatable bonds is 5. The predicted octanol–water partition coefficient (Wildman–Crippen LogP) is -0.163. The van der Waals surface area contributed by atoms with Crippen LogP contribution in [0.3, 0.4) is 0 Å². The normalized spacial score (nSPS) is 15.5. The van der Waals surface area contributed by atoms with Crippen LogP contribution in [0.1, 0.15) is 27.7 Å². The Labute approximate surface area is 86.1 Å². The first-order valence-corrected chi connectivity index (χ1v) is 6.04. The molecule has 6 heteroatoms. The van der Waals surface area contributed by atoms with Gasteiger partial charge in [-0.25, -0.2) is 4.72 Å². The van der Waals surface area contributed by atoms with E-state index in [1.165, 1.54) is 0 Å². The van der Waals surface area contributed by atoms with Gasteiger partial charge in [-0.15, -0.1) is 0 Å². The highest BCUT2D eigenvalue weighted by Crippen LogP contribution is 2.00. The van der Waals surface area contributed by atoms with Crippen LogP contribution >= 0.6 is 0 Å². The van der Waals surface area contributed by atoms with E-state index in [-0.39, 0.29) is 19.1 Å². The zero-order valence-electron chi connectivity index (χ0n) is 9.16. The zero-order chi connectivity index (χ0) is 11.4. The van der Waals surface area contributed by atoms with E-state index < -0.39 is 15.7 Å². The van der Waals surface area contributed by atoms with Crippen molar-refractivity contribution in [3.63, 3.8) is 0 Å². The van der Waals surface area contributed by atoms with Crippen LogP contribution in [0.5, 0.6) is 0 Å². The van der Waals surface area contributed by atoms with E-state index in [4.69, 9.17) is 5.11 Å². The minimum absolute atomic E-state index is 0.0297. The van der Waals surface area contributed by atoms with Crippen molar-refractivity contribution in [2.45, 2.75) is 33.2 Å². The molecule has 0 aliphatic heterocycles. The summed E-state index contributed by atoms with van der Waals surface area (Å²) in [6.07, 6.45) is 0. The first-order chi connectivity index (χ1) is 6.16. The van der Waals surface area contributed by atoms with Crippen LogP contribution < -0.4 is 9.44 Å². The molecule has 0 spiro atoms. The fraction of sp³-hybridized carbons (Fsp3) is 1.00. The van der Waals surface area contributed by atoms with Crippen LogP contribution in [-0.4, -0.2) is 32.2 Å². The molecular formula is C8H20N2O3S. The Morgan fingerprint density at radius 3 is 2.21 bits per heavy atom. The summed E-state index contributed by atoms with van der Waals surface area (Å²) in [5, 5.41) is 8.71. The lowest BCUT2D eigenvalue weighted by Gasteiger charge is -2.21. The third-order valence-electron chi connectivity index (χ3n) is 1.37. The molecule has 3 N–H and O–H groups in total. The molecule has 0 rings (SSSR count). The molecule has 0 saturated carbocycles. The summed E-state index contributed by atoms with van der Waals surface area (Å²) >= 11 is 0. The smallest absolute Gasteiger partial charge is 0.277 e. The molecule has 0 amide bonds. The number of hydrogen-bond acceptors (Lipinski definition) is 3. The molecule has 0 radical (unpaired) electrons. The molecule has 0 aliphatic rings. The molecule has 0 aliphatic carbocycles. The van der Waals surface area contributed by atoms with Crippen LogP contribution in [0.2, 0.25) is 0 Å². The molecule has 0 fully saturated rings. The third-order valence-corrected chi connectivity index (χ3v) is 2.80. The van der Waals surface area contributed by atoms with Gasteiger partial charge >= 0.3 is 0 Å². The van der Waals surface area contributed by atoms with E-state index in [1.54, 1.807) is 27.7 Å². The summed E-state index contributed by atoms with van der Waals surface area (Å²) in [4.78, 5) is 0. The van der Waals surface area contributed by atoms with Crippen molar-refractivity contribution in [3.05, 3.63) is 0 Å². The van der Waals surface area contributed by atoms with Crippen molar-refractivity contribution in [3.8, 4) is 0 Å².